The van der Waals surface area contributed by atoms with Crippen molar-refractivity contribution in [3.05, 3.63) is 57.6 Å². The zero-order valence-corrected chi connectivity index (χ0v) is 14.8. The first-order valence-corrected chi connectivity index (χ1v) is 8.54. The van der Waals surface area contributed by atoms with Crippen LogP contribution in [0.5, 0.6) is 5.75 Å². The van der Waals surface area contributed by atoms with Gasteiger partial charge in [-0.3, -0.25) is 10.1 Å². The molecule has 2 aromatic rings. The Kier molecular flexibility index (Phi) is 5.28. The highest BCUT2D eigenvalue weighted by Gasteiger charge is 2.19. The average Bonchev–Trinajstić information content (AvgIpc) is 2.87. The summed E-state index contributed by atoms with van der Waals surface area (Å²) in [6.07, 6.45) is 0.985. The Hall–Kier alpha value is -2.47. The molecule has 25 heavy (non-hydrogen) atoms. The van der Waals surface area contributed by atoms with E-state index in [1.807, 2.05) is 12.1 Å². The third-order valence-corrected chi connectivity index (χ3v) is 4.72. The maximum absolute atomic E-state index is 10.9. The number of nitro benzene ring substituents is 1. The van der Waals surface area contributed by atoms with Crippen LogP contribution in [0.25, 0.3) is 0 Å². The van der Waals surface area contributed by atoms with E-state index in [0.717, 1.165) is 49.7 Å². The van der Waals surface area contributed by atoms with Crippen LogP contribution in [-0.4, -0.2) is 38.2 Å². The van der Waals surface area contributed by atoms with Gasteiger partial charge in [0.1, 0.15) is 5.75 Å². The van der Waals surface area contributed by atoms with Crippen LogP contribution in [0.2, 0.25) is 5.02 Å². The Labute approximate surface area is 151 Å². The summed E-state index contributed by atoms with van der Waals surface area (Å²) in [5.74, 6) is 0.845. The molecule has 0 amide bonds. The first-order valence-electron chi connectivity index (χ1n) is 8.16. The second-order valence-corrected chi connectivity index (χ2v) is 6.33. The minimum Gasteiger partial charge on any atom is -0.497 e. The largest absolute Gasteiger partial charge is 0.497 e. The van der Waals surface area contributed by atoms with E-state index in [0.29, 0.717) is 5.02 Å². The van der Waals surface area contributed by atoms with Gasteiger partial charge in [-0.2, -0.15) is 0 Å². The first-order chi connectivity index (χ1) is 12.1. The molecule has 0 spiro atoms. The summed E-state index contributed by atoms with van der Waals surface area (Å²) in [7, 11) is 1.66. The van der Waals surface area contributed by atoms with Gasteiger partial charge in [0, 0.05) is 44.0 Å². The molecular formula is C18H20ClN3O3. The number of anilines is 2. The van der Waals surface area contributed by atoms with Gasteiger partial charge in [0.2, 0.25) is 0 Å². The number of non-ortho nitro benzene ring substituents is 1. The van der Waals surface area contributed by atoms with Gasteiger partial charge in [0.05, 0.1) is 22.7 Å². The van der Waals surface area contributed by atoms with Crippen LogP contribution in [0.1, 0.15) is 6.42 Å². The second kappa shape index (κ2) is 7.61. The molecule has 132 valence electrons. The van der Waals surface area contributed by atoms with E-state index in [2.05, 4.69) is 21.9 Å². The number of ether oxygens (including phenoxy) is 1. The average molecular weight is 362 g/mol. The predicted octanol–water partition coefficient (Wildman–Crippen LogP) is 3.97. The molecule has 0 bridgehead atoms. The summed E-state index contributed by atoms with van der Waals surface area (Å²) in [4.78, 5) is 15.0. The molecule has 0 unspecified atom stereocenters. The Morgan fingerprint density at radius 1 is 1.04 bits per heavy atom. The Morgan fingerprint density at radius 3 is 2.36 bits per heavy atom. The molecule has 1 heterocycles. The van der Waals surface area contributed by atoms with Crippen LogP contribution in [-0.2, 0) is 0 Å². The molecule has 1 aliphatic heterocycles. The number of rotatable bonds is 4. The SMILES string of the molecule is COc1ccc(N2CCCN(c3ccc([N+](=O)[O-])cc3Cl)CC2)cc1. The lowest BCUT2D eigenvalue weighted by atomic mass is 10.2. The second-order valence-electron chi connectivity index (χ2n) is 5.92. The van der Waals surface area contributed by atoms with E-state index in [9.17, 15) is 10.1 Å². The molecular weight excluding hydrogens is 342 g/mol. The van der Waals surface area contributed by atoms with Crippen molar-refractivity contribution in [1.82, 2.24) is 0 Å². The third-order valence-electron chi connectivity index (χ3n) is 4.42. The highest BCUT2D eigenvalue weighted by molar-refractivity contribution is 6.33. The van der Waals surface area contributed by atoms with Crippen LogP contribution in [0.4, 0.5) is 17.1 Å². The summed E-state index contributed by atoms with van der Waals surface area (Å²) >= 11 is 6.27. The fourth-order valence-corrected chi connectivity index (χ4v) is 3.37. The van der Waals surface area contributed by atoms with Crippen molar-refractivity contribution in [3.8, 4) is 5.75 Å². The van der Waals surface area contributed by atoms with Crippen molar-refractivity contribution < 1.29 is 9.66 Å². The van der Waals surface area contributed by atoms with Crippen LogP contribution in [0.15, 0.2) is 42.5 Å². The van der Waals surface area contributed by atoms with E-state index >= 15 is 0 Å². The predicted molar refractivity (Wildman–Crippen MR) is 100 cm³/mol. The number of benzene rings is 2. The molecule has 0 radical (unpaired) electrons. The molecule has 7 heteroatoms. The zero-order chi connectivity index (χ0) is 17.8. The van der Waals surface area contributed by atoms with E-state index in [1.165, 1.54) is 12.1 Å². The Bertz CT molecular complexity index is 752. The minimum atomic E-state index is -0.427. The first kappa shape index (κ1) is 17.4. The van der Waals surface area contributed by atoms with Gasteiger partial charge in [-0.1, -0.05) is 11.6 Å². The summed E-state index contributed by atoms with van der Waals surface area (Å²) < 4.78 is 5.21. The standard InChI is InChI=1S/C18H20ClN3O3/c1-25-16-6-3-14(4-7-16)20-9-2-10-21(12-11-20)18-8-5-15(22(23)24)13-17(18)19/h3-8,13H,2,9-12H2,1H3. The van der Waals surface area contributed by atoms with Crippen molar-refractivity contribution in [3.63, 3.8) is 0 Å². The van der Waals surface area contributed by atoms with Crippen molar-refractivity contribution >= 4 is 28.7 Å². The van der Waals surface area contributed by atoms with Gasteiger partial charge in [0.25, 0.3) is 5.69 Å². The number of nitro groups is 1. The summed E-state index contributed by atoms with van der Waals surface area (Å²) in [5, 5.41) is 11.3. The van der Waals surface area contributed by atoms with Gasteiger partial charge in [0.15, 0.2) is 0 Å². The van der Waals surface area contributed by atoms with Gasteiger partial charge in [-0.25, -0.2) is 0 Å². The van der Waals surface area contributed by atoms with Crippen LogP contribution >= 0.6 is 11.6 Å². The molecule has 1 saturated heterocycles. The van der Waals surface area contributed by atoms with E-state index < -0.39 is 4.92 Å². The topological polar surface area (TPSA) is 58.8 Å². The molecule has 1 fully saturated rings. The van der Waals surface area contributed by atoms with Gasteiger partial charge < -0.3 is 14.5 Å². The van der Waals surface area contributed by atoms with Crippen LogP contribution in [0.3, 0.4) is 0 Å². The number of halogens is 1. The van der Waals surface area contributed by atoms with Crippen LogP contribution < -0.4 is 14.5 Å². The van der Waals surface area contributed by atoms with E-state index in [-0.39, 0.29) is 5.69 Å². The molecule has 3 rings (SSSR count). The molecule has 0 N–H and O–H groups in total. The summed E-state index contributed by atoms with van der Waals surface area (Å²) in [5.41, 5.74) is 2.03. The number of methoxy groups -OCH3 is 1. The maximum atomic E-state index is 10.9. The maximum Gasteiger partial charge on any atom is 0.271 e. The van der Waals surface area contributed by atoms with Gasteiger partial charge >= 0.3 is 0 Å². The number of hydrogen-bond acceptors (Lipinski definition) is 5. The Balaban J connectivity index is 1.71. The molecule has 0 atom stereocenters. The summed E-state index contributed by atoms with van der Waals surface area (Å²) in [6, 6.07) is 12.7. The number of hydrogen-bond donors (Lipinski definition) is 0. The molecule has 6 nitrogen and oxygen atoms in total. The van der Waals surface area contributed by atoms with Crippen molar-refractivity contribution in [2.24, 2.45) is 0 Å². The third kappa shape index (κ3) is 3.96. The highest BCUT2D eigenvalue weighted by Crippen LogP contribution is 2.31. The van der Waals surface area contributed by atoms with E-state index in [1.54, 1.807) is 13.2 Å². The Morgan fingerprint density at radius 2 is 1.72 bits per heavy atom. The minimum absolute atomic E-state index is 0.0171. The number of nitrogens with zero attached hydrogens (tertiary/aromatic N) is 3. The van der Waals surface area contributed by atoms with Crippen molar-refractivity contribution in [2.45, 2.75) is 6.42 Å². The molecule has 2 aromatic carbocycles. The van der Waals surface area contributed by atoms with Gasteiger partial charge in [-0.05, 0) is 36.8 Å². The van der Waals surface area contributed by atoms with Crippen LogP contribution in [0, 0.1) is 10.1 Å². The molecule has 0 aromatic heterocycles. The normalized spacial score (nSPS) is 15.0. The fourth-order valence-electron chi connectivity index (χ4n) is 3.08. The highest BCUT2D eigenvalue weighted by atomic mass is 35.5. The molecule has 0 aliphatic carbocycles. The lowest BCUT2D eigenvalue weighted by Crippen LogP contribution is -2.30. The quantitative estimate of drug-likeness (QED) is 0.609. The smallest absolute Gasteiger partial charge is 0.271 e. The van der Waals surface area contributed by atoms with Crippen molar-refractivity contribution in [2.75, 3.05) is 43.1 Å². The summed E-state index contributed by atoms with van der Waals surface area (Å²) in [6.45, 7) is 3.49. The fraction of sp³-hybridized carbons (Fsp3) is 0.333. The molecule has 1 aliphatic rings. The lowest BCUT2D eigenvalue weighted by molar-refractivity contribution is -0.384. The molecule has 0 saturated carbocycles. The lowest BCUT2D eigenvalue weighted by Gasteiger charge is -2.25. The van der Waals surface area contributed by atoms with Crippen molar-refractivity contribution in [1.29, 1.82) is 0 Å². The zero-order valence-electron chi connectivity index (χ0n) is 14.0. The van der Waals surface area contributed by atoms with Gasteiger partial charge in [-0.15, -0.1) is 0 Å². The van der Waals surface area contributed by atoms with E-state index in [4.69, 9.17) is 16.3 Å². The monoisotopic (exact) mass is 361 g/mol.